The van der Waals surface area contributed by atoms with Crippen LogP contribution in [0.1, 0.15) is 12.5 Å². The van der Waals surface area contributed by atoms with E-state index in [1.165, 1.54) is 6.92 Å². The average Bonchev–Trinajstić information content (AvgIpc) is 2.18. The van der Waals surface area contributed by atoms with Crippen molar-refractivity contribution < 1.29 is 14.8 Å². The molecule has 0 bridgehead atoms. The van der Waals surface area contributed by atoms with Crippen LogP contribution in [-0.2, 0) is 11.3 Å². The fraction of sp³-hybridized carbons (Fsp3) is 0.222. The smallest absolute Gasteiger partial charge is 0.429 e. The molecule has 0 aliphatic rings. The van der Waals surface area contributed by atoms with Gasteiger partial charge in [0.1, 0.15) is 0 Å². The summed E-state index contributed by atoms with van der Waals surface area (Å²) >= 11 is 0. The lowest BCUT2D eigenvalue weighted by Gasteiger charge is -2.00. The highest BCUT2D eigenvalue weighted by Crippen LogP contribution is 1.96. The predicted octanol–water partition coefficient (Wildman–Crippen LogP) is -0.172. The van der Waals surface area contributed by atoms with Crippen LogP contribution in [0.5, 0.6) is 0 Å². The first kappa shape index (κ1) is 12.7. The fourth-order valence-corrected chi connectivity index (χ4v) is 0.822. The Hall–Kier alpha value is -1.33. The van der Waals surface area contributed by atoms with Gasteiger partial charge in [0, 0.05) is 13.5 Å². The molecule has 0 aliphatic heterocycles. The minimum Gasteiger partial charge on any atom is -0.429 e. The normalized spacial score (nSPS) is 8.21. The summed E-state index contributed by atoms with van der Waals surface area (Å²) in [5.74, 6) is 0.00820. The summed E-state index contributed by atoms with van der Waals surface area (Å²) in [7, 11) is 0. The van der Waals surface area contributed by atoms with Crippen LogP contribution >= 0.6 is 0 Å². The second-order valence-electron chi connectivity index (χ2n) is 2.51. The van der Waals surface area contributed by atoms with Gasteiger partial charge in [0.05, 0.1) is 0 Å². The van der Waals surface area contributed by atoms with Gasteiger partial charge in [-0.1, -0.05) is 30.3 Å². The van der Waals surface area contributed by atoms with Gasteiger partial charge in [0.25, 0.3) is 0 Å². The monoisotopic (exact) mass is 194 g/mol. The largest absolute Gasteiger partial charge is 0.482 e. The third-order valence-corrected chi connectivity index (χ3v) is 1.38. The lowest BCUT2D eigenvalue weighted by atomic mass is 10.2. The predicted molar refractivity (Wildman–Crippen MR) is 54.2 cm³/mol. The first-order valence-corrected chi connectivity index (χ1v) is 4.09. The van der Waals surface area contributed by atoms with Crippen LogP contribution in [0.15, 0.2) is 30.3 Å². The highest BCUT2D eigenvalue weighted by Gasteiger charge is 1.91. The number of carbonyl (C=O) groups is 1. The molecular weight excluding hydrogens is 181 g/mol. The molecule has 0 saturated heterocycles. The highest BCUT2D eigenvalue weighted by molar-refractivity contribution is 6.13. The quantitative estimate of drug-likeness (QED) is 0.572. The Bertz CT molecular complexity index is 253. The zero-order valence-electron chi connectivity index (χ0n) is 7.97. The average molecular weight is 194 g/mol. The van der Waals surface area contributed by atoms with E-state index in [2.05, 4.69) is 5.32 Å². The zero-order chi connectivity index (χ0) is 10.8. The Kier molecular flexibility index (Phi) is 7.50. The number of nitrogens with one attached hydrogen (secondary N) is 1. The van der Waals surface area contributed by atoms with Gasteiger partial charge in [-0.25, -0.2) is 0 Å². The maximum absolute atomic E-state index is 10.5. The van der Waals surface area contributed by atoms with Gasteiger partial charge in [-0.05, 0) is 5.56 Å². The van der Waals surface area contributed by atoms with Crippen molar-refractivity contribution >= 4 is 13.6 Å². The summed E-state index contributed by atoms with van der Waals surface area (Å²) in [4.78, 5) is 10.5. The molecule has 14 heavy (non-hydrogen) atoms. The van der Waals surface area contributed by atoms with Crippen LogP contribution < -0.4 is 5.32 Å². The molecule has 75 valence electrons. The van der Waals surface area contributed by atoms with Crippen molar-refractivity contribution in [3.63, 3.8) is 0 Å². The second kappa shape index (κ2) is 8.28. The number of rotatable bonds is 2. The van der Waals surface area contributed by atoms with Crippen LogP contribution in [0.25, 0.3) is 0 Å². The molecule has 0 spiro atoms. The molecule has 1 aromatic rings. The van der Waals surface area contributed by atoms with Gasteiger partial charge in [0.15, 0.2) is 0 Å². The van der Waals surface area contributed by atoms with E-state index in [0.717, 1.165) is 5.56 Å². The maximum atomic E-state index is 10.5. The van der Waals surface area contributed by atoms with Crippen LogP contribution in [0, 0.1) is 0 Å². The molecule has 1 rings (SSSR count). The Balaban J connectivity index is 0.000000500. The molecule has 1 amide bonds. The molecule has 4 nitrogen and oxygen atoms in total. The summed E-state index contributed by atoms with van der Waals surface area (Å²) in [6, 6.07) is 9.83. The Morgan fingerprint density at radius 3 is 2.29 bits per heavy atom. The first-order valence-electron chi connectivity index (χ1n) is 4.09. The highest BCUT2D eigenvalue weighted by atomic mass is 16.4. The fourth-order valence-electron chi connectivity index (χ4n) is 0.822. The van der Waals surface area contributed by atoms with Crippen molar-refractivity contribution in [3.8, 4) is 0 Å². The van der Waals surface area contributed by atoms with Crippen LogP contribution in [0.4, 0.5) is 0 Å². The molecule has 0 saturated carbocycles. The molecule has 1 radical (unpaired) electrons. The standard InChI is InChI=1S/C9H11NO.BH2O2/c1-8(11)10-7-9-5-3-2-4-6-9;2-1-3/h2-6H,7H2,1H3,(H,10,11);2-3H. The Labute approximate surface area is 83.9 Å². The van der Waals surface area contributed by atoms with Crippen molar-refractivity contribution in [2.24, 2.45) is 0 Å². The molecule has 0 atom stereocenters. The minimum absolute atomic E-state index is 0. The van der Waals surface area contributed by atoms with Gasteiger partial charge in [0.2, 0.25) is 5.91 Å². The molecule has 5 heteroatoms. The Morgan fingerprint density at radius 2 is 1.86 bits per heavy atom. The van der Waals surface area contributed by atoms with Gasteiger partial charge in [-0.3, -0.25) is 4.79 Å². The van der Waals surface area contributed by atoms with E-state index in [4.69, 9.17) is 10.0 Å². The minimum atomic E-state index is 0. The number of benzene rings is 1. The number of hydrogen-bond acceptors (Lipinski definition) is 3. The van der Waals surface area contributed by atoms with Crippen LogP contribution in [-0.4, -0.2) is 23.6 Å². The zero-order valence-corrected chi connectivity index (χ0v) is 7.97. The van der Waals surface area contributed by atoms with Crippen LogP contribution in [0.3, 0.4) is 0 Å². The third-order valence-electron chi connectivity index (χ3n) is 1.38. The molecular formula is C9H13BNO3. The van der Waals surface area contributed by atoms with E-state index in [1.807, 2.05) is 30.3 Å². The summed E-state index contributed by atoms with van der Waals surface area (Å²) in [6.45, 7) is 2.14. The van der Waals surface area contributed by atoms with Gasteiger partial charge in [-0.15, -0.1) is 0 Å². The molecule has 0 aromatic heterocycles. The number of hydrogen-bond donors (Lipinski definition) is 3. The van der Waals surface area contributed by atoms with Crippen LogP contribution in [0.2, 0.25) is 0 Å². The van der Waals surface area contributed by atoms with Crippen molar-refractivity contribution in [1.29, 1.82) is 0 Å². The SMILES string of the molecule is CC(=O)NCc1ccccc1.O[B]O. The molecule has 0 heterocycles. The maximum Gasteiger partial charge on any atom is 0.482 e. The molecule has 3 N–H and O–H groups in total. The lowest BCUT2D eigenvalue weighted by Crippen LogP contribution is -2.18. The van der Waals surface area contributed by atoms with Crippen molar-refractivity contribution in [3.05, 3.63) is 35.9 Å². The summed E-state index contributed by atoms with van der Waals surface area (Å²) in [5.41, 5.74) is 1.13. The van der Waals surface area contributed by atoms with E-state index in [-0.39, 0.29) is 13.6 Å². The first-order chi connectivity index (χ1) is 6.70. The van der Waals surface area contributed by atoms with Gasteiger partial charge >= 0.3 is 7.69 Å². The summed E-state index contributed by atoms with van der Waals surface area (Å²) in [6.07, 6.45) is 0. The number of carbonyl (C=O) groups excluding carboxylic acids is 1. The molecule has 1 aromatic carbocycles. The Morgan fingerprint density at radius 1 is 1.36 bits per heavy atom. The van der Waals surface area contributed by atoms with E-state index in [1.54, 1.807) is 0 Å². The lowest BCUT2D eigenvalue weighted by molar-refractivity contribution is -0.119. The van der Waals surface area contributed by atoms with E-state index in [0.29, 0.717) is 6.54 Å². The van der Waals surface area contributed by atoms with E-state index in [9.17, 15) is 4.79 Å². The molecule has 0 fully saturated rings. The summed E-state index contributed by atoms with van der Waals surface area (Å²) < 4.78 is 0. The molecule has 0 aliphatic carbocycles. The second-order valence-corrected chi connectivity index (χ2v) is 2.51. The third kappa shape index (κ3) is 7.33. The van der Waals surface area contributed by atoms with Crippen molar-refractivity contribution in [2.75, 3.05) is 0 Å². The number of amides is 1. The van der Waals surface area contributed by atoms with Crippen molar-refractivity contribution in [1.82, 2.24) is 5.32 Å². The topological polar surface area (TPSA) is 69.6 Å². The van der Waals surface area contributed by atoms with Gasteiger partial charge < -0.3 is 15.4 Å². The van der Waals surface area contributed by atoms with E-state index < -0.39 is 0 Å². The van der Waals surface area contributed by atoms with E-state index >= 15 is 0 Å². The molecule has 0 unspecified atom stereocenters. The van der Waals surface area contributed by atoms with Gasteiger partial charge in [-0.2, -0.15) is 0 Å². The van der Waals surface area contributed by atoms with Crippen molar-refractivity contribution in [2.45, 2.75) is 13.5 Å². The summed E-state index contributed by atoms with van der Waals surface area (Å²) in [5, 5.41) is 16.7.